The van der Waals surface area contributed by atoms with E-state index in [2.05, 4.69) is 17.4 Å². The molecule has 1 saturated heterocycles. The molecule has 1 saturated carbocycles. The van der Waals surface area contributed by atoms with Crippen molar-refractivity contribution >= 4 is 0 Å². The fourth-order valence-corrected chi connectivity index (χ4v) is 3.08. The molecule has 2 fully saturated rings. The number of hydrogen-bond acceptors (Lipinski definition) is 3. The fourth-order valence-electron chi connectivity index (χ4n) is 3.08. The van der Waals surface area contributed by atoms with Crippen LogP contribution in [0.5, 0.6) is 0 Å². The van der Waals surface area contributed by atoms with Crippen LogP contribution in [-0.2, 0) is 0 Å². The van der Waals surface area contributed by atoms with E-state index in [4.69, 9.17) is 5.73 Å². The molecule has 0 radical (unpaired) electrons. The Balaban J connectivity index is 1.94. The zero-order valence-corrected chi connectivity index (χ0v) is 9.97. The number of piperidine rings is 1. The summed E-state index contributed by atoms with van der Waals surface area (Å²) in [6.07, 6.45) is 7.98. The lowest BCUT2D eigenvalue weighted by molar-refractivity contribution is 0.0660. The van der Waals surface area contributed by atoms with Crippen LogP contribution in [0.15, 0.2) is 0 Å². The van der Waals surface area contributed by atoms with Crippen LogP contribution >= 0.6 is 0 Å². The monoisotopic (exact) mass is 211 g/mol. The molecule has 3 heteroatoms. The number of hydrogen-bond donors (Lipinski definition) is 2. The van der Waals surface area contributed by atoms with Gasteiger partial charge < -0.3 is 5.73 Å². The third kappa shape index (κ3) is 2.35. The Morgan fingerprint density at radius 3 is 2.53 bits per heavy atom. The minimum atomic E-state index is 0.206. The van der Waals surface area contributed by atoms with Crippen LogP contribution in [-0.4, -0.2) is 30.2 Å². The van der Waals surface area contributed by atoms with Gasteiger partial charge in [-0.25, -0.2) is 10.4 Å². The normalized spacial score (nSPS) is 38.4. The van der Waals surface area contributed by atoms with Gasteiger partial charge in [0, 0.05) is 25.2 Å². The molecule has 15 heavy (non-hydrogen) atoms. The predicted octanol–water partition coefficient (Wildman–Crippen LogP) is 1.49. The summed E-state index contributed by atoms with van der Waals surface area (Å²) < 4.78 is 0. The third-order valence-electron chi connectivity index (χ3n) is 4.30. The Morgan fingerprint density at radius 1 is 1.27 bits per heavy atom. The highest BCUT2D eigenvalue weighted by Gasteiger charge is 2.40. The Kier molecular flexibility index (Phi) is 3.65. The highest BCUT2D eigenvalue weighted by Crippen LogP contribution is 2.35. The van der Waals surface area contributed by atoms with Gasteiger partial charge in [-0.05, 0) is 31.6 Å². The standard InChI is InChI=1S/C12H25N3/c1-11-6-5-7-12(11,10-13)14-15-8-3-2-4-9-15/h11,14H,2-10,13H2,1H3. The van der Waals surface area contributed by atoms with Gasteiger partial charge in [0.2, 0.25) is 0 Å². The summed E-state index contributed by atoms with van der Waals surface area (Å²) in [5.41, 5.74) is 9.93. The van der Waals surface area contributed by atoms with Crippen molar-refractivity contribution in [3.8, 4) is 0 Å². The van der Waals surface area contributed by atoms with E-state index in [-0.39, 0.29) is 5.54 Å². The molecule has 2 rings (SSSR count). The van der Waals surface area contributed by atoms with Crippen LogP contribution in [0.2, 0.25) is 0 Å². The highest BCUT2D eigenvalue weighted by molar-refractivity contribution is 4.97. The van der Waals surface area contributed by atoms with E-state index in [1.165, 1.54) is 51.6 Å². The molecule has 0 aromatic heterocycles. The van der Waals surface area contributed by atoms with Crippen LogP contribution < -0.4 is 11.2 Å². The second-order valence-electron chi connectivity index (χ2n) is 5.31. The first-order valence-corrected chi connectivity index (χ1v) is 6.50. The van der Waals surface area contributed by atoms with Crippen LogP contribution in [0.4, 0.5) is 0 Å². The van der Waals surface area contributed by atoms with E-state index in [1.807, 2.05) is 0 Å². The summed E-state index contributed by atoms with van der Waals surface area (Å²) in [5, 5.41) is 2.41. The second-order valence-corrected chi connectivity index (χ2v) is 5.31. The lowest BCUT2D eigenvalue weighted by Crippen LogP contribution is -2.60. The average Bonchev–Trinajstić information content (AvgIpc) is 2.62. The first-order chi connectivity index (χ1) is 7.27. The average molecular weight is 211 g/mol. The molecule has 3 N–H and O–H groups in total. The van der Waals surface area contributed by atoms with Gasteiger partial charge in [-0.2, -0.15) is 0 Å². The van der Waals surface area contributed by atoms with Gasteiger partial charge in [0.15, 0.2) is 0 Å². The summed E-state index contributed by atoms with van der Waals surface area (Å²) >= 11 is 0. The number of nitrogens with two attached hydrogens (primary N) is 1. The first-order valence-electron chi connectivity index (χ1n) is 6.50. The van der Waals surface area contributed by atoms with Crippen molar-refractivity contribution in [1.82, 2.24) is 10.4 Å². The van der Waals surface area contributed by atoms with E-state index < -0.39 is 0 Å². The molecule has 3 nitrogen and oxygen atoms in total. The summed E-state index contributed by atoms with van der Waals surface area (Å²) in [5.74, 6) is 0.726. The smallest absolute Gasteiger partial charge is 0.0473 e. The van der Waals surface area contributed by atoms with Gasteiger partial charge in [-0.3, -0.25) is 0 Å². The summed E-state index contributed by atoms with van der Waals surface area (Å²) in [6.45, 7) is 5.53. The topological polar surface area (TPSA) is 41.3 Å². The van der Waals surface area contributed by atoms with E-state index in [1.54, 1.807) is 0 Å². The number of nitrogens with zero attached hydrogens (tertiary/aromatic N) is 1. The van der Waals surface area contributed by atoms with Crippen molar-refractivity contribution in [3.05, 3.63) is 0 Å². The van der Waals surface area contributed by atoms with Crippen molar-refractivity contribution in [2.75, 3.05) is 19.6 Å². The molecular formula is C12H25N3. The zero-order chi connectivity index (χ0) is 10.7. The van der Waals surface area contributed by atoms with Crippen molar-refractivity contribution in [1.29, 1.82) is 0 Å². The quantitative estimate of drug-likeness (QED) is 0.743. The molecule has 1 aliphatic heterocycles. The van der Waals surface area contributed by atoms with Gasteiger partial charge in [0.05, 0.1) is 0 Å². The Hall–Kier alpha value is -0.120. The molecule has 0 spiro atoms. The van der Waals surface area contributed by atoms with Gasteiger partial charge in [-0.1, -0.05) is 19.8 Å². The molecule has 0 amide bonds. The summed E-state index contributed by atoms with van der Waals surface area (Å²) in [6, 6.07) is 0. The van der Waals surface area contributed by atoms with E-state index in [0.29, 0.717) is 0 Å². The summed E-state index contributed by atoms with van der Waals surface area (Å²) in [7, 11) is 0. The van der Waals surface area contributed by atoms with Crippen LogP contribution in [0.25, 0.3) is 0 Å². The van der Waals surface area contributed by atoms with Crippen molar-refractivity contribution in [2.45, 2.75) is 51.0 Å². The summed E-state index contributed by atoms with van der Waals surface area (Å²) in [4.78, 5) is 0. The molecule has 0 aromatic rings. The minimum absolute atomic E-state index is 0.206. The SMILES string of the molecule is CC1CCCC1(CN)NN1CCCCC1. The van der Waals surface area contributed by atoms with E-state index in [9.17, 15) is 0 Å². The fraction of sp³-hybridized carbons (Fsp3) is 1.00. The Bertz CT molecular complexity index is 201. The Morgan fingerprint density at radius 2 is 2.00 bits per heavy atom. The minimum Gasteiger partial charge on any atom is -0.329 e. The van der Waals surface area contributed by atoms with Crippen LogP contribution in [0.3, 0.4) is 0 Å². The molecule has 88 valence electrons. The van der Waals surface area contributed by atoms with Crippen LogP contribution in [0, 0.1) is 5.92 Å². The maximum Gasteiger partial charge on any atom is 0.0473 e. The van der Waals surface area contributed by atoms with Crippen LogP contribution in [0.1, 0.15) is 45.4 Å². The molecule has 2 aliphatic rings. The van der Waals surface area contributed by atoms with Crippen molar-refractivity contribution in [3.63, 3.8) is 0 Å². The molecule has 2 atom stereocenters. The molecule has 0 bridgehead atoms. The molecule has 1 heterocycles. The predicted molar refractivity (Wildman–Crippen MR) is 63.4 cm³/mol. The van der Waals surface area contributed by atoms with E-state index in [0.717, 1.165) is 12.5 Å². The maximum atomic E-state index is 5.99. The molecule has 1 aliphatic carbocycles. The van der Waals surface area contributed by atoms with Gasteiger partial charge in [0.1, 0.15) is 0 Å². The van der Waals surface area contributed by atoms with Crippen molar-refractivity contribution in [2.24, 2.45) is 11.7 Å². The molecule has 0 aromatic carbocycles. The van der Waals surface area contributed by atoms with E-state index >= 15 is 0 Å². The lowest BCUT2D eigenvalue weighted by atomic mass is 9.89. The number of nitrogens with one attached hydrogen (secondary N) is 1. The maximum absolute atomic E-state index is 5.99. The number of rotatable bonds is 3. The molecular weight excluding hydrogens is 186 g/mol. The Labute approximate surface area is 93.4 Å². The lowest BCUT2D eigenvalue weighted by Gasteiger charge is -2.40. The van der Waals surface area contributed by atoms with Crippen molar-refractivity contribution < 1.29 is 0 Å². The second kappa shape index (κ2) is 4.81. The largest absolute Gasteiger partial charge is 0.329 e. The first kappa shape index (κ1) is 11.4. The highest BCUT2D eigenvalue weighted by atomic mass is 15.5. The zero-order valence-electron chi connectivity index (χ0n) is 9.97. The molecule has 2 unspecified atom stereocenters. The number of hydrazine groups is 1. The van der Waals surface area contributed by atoms with Gasteiger partial charge >= 0.3 is 0 Å². The van der Waals surface area contributed by atoms with Gasteiger partial charge in [-0.15, -0.1) is 0 Å². The third-order valence-corrected chi connectivity index (χ3v) is 4.30. The van der Waals surface area contributed by atoms with Gasteiger partial charge in [0.25, 0.3) is 0 Å².